The molecular formula is C13H14N2O. The monoisotopic (exact) mass is 214 g/mol. The van der Waals surface area contributed by atoms with Crippen molar-refractivity contribution in [3.8, 4) is 0 Å². The zero-order valence-electron chi connectivity index (χ0n) is 9.38. The predicted octanol–water partition coefficient (Wildman–Crippen LogP) is 2.18. The standard InChI is InChI=1S/C13H14N2O/c1-9-3-4-11(7-10(9)2)13(16)12-8-14-5-6-15-12/h3-8,13,16H,1-2H3. The van der Waals surface area contributed by atoms with Crippen LogP contribution in [0.2, 0.25) is 0 Å². The number of hydrogen-bond donors (Lipinski definition) is 1. The van der Waals surface area contributed by atoms with E-state index in [0.29, 0.717) is 5.69 Å². The normalized spacial score (nSPS) is 12.4. The average Bonchev–Trinajstić information content (AvgIpc) is 2.33. The Kier molecular flexibility index (Phi) is 2.97. The molecule has 1 aromatic heterocycles. The topological polar surface area (TPSA) is 46.0 Å². The van der Waals surface area contributed by atoms with Crippen LogP contribution in [0.5, 0.6) is 0 Å². The molecule has 0 aliphatic carbocycles. The maximum atomic E-state index is 10.1. The summed E-state index contributed by atoms with van der Waals surface area (Å²) in [7, 11) is 0. The third-order valence-corrected chi connectivity index (χ3v) is 2.71. The number of aliphatic hydroxyl groups excluding tert-OH is 1. The summed E-state index contributed by atoms with van der Waals surface area (Å²) in [6, 6.07) is 5.90. The van der Waals surface area contributed by atoms with Crippen LogP contribution >= 0.6 is 0 Å². The molecule has 0 radical (unpaired) electrons. The first-order valence-corrected chi connectivity index (χ1v) is 5.19. The van der Waals surface area contributed by atoms with Crippen LogP contribution in [-0.4, -0.2) is 15.1 Å². The van der Waals surface area contributed by atoms with Gasteiger partial charge in [0.1, 0.15) is 6.10 Å². The number of nitrogens with zero attached hydrogens (tertiary/aromatic N) is 2. The highest BCUT2D eigenvalue weighted by Gasteiger charge is 2.12. The van der Waals surface area contributed by atoms with Crippen LogP contribution in [-0.2, 0) is 0 Å². The Morgan fingerprint density at radius 3 is 2.56 bits per heavy atom. The third-order valence-electron chi connectivity index (χ3n) is 2.71. The highest BCUT2D eigenvalue weighted by atomic mass is 16.3. The van der Waals surface area contributed by atoms with Gasteiger partial charge in [0.15, 0.2) is 0 Å². The predicted molar refractivity (Wildman–Crippen MR) is 62.0 cm³/mol. The molecule has 0 aliphatic heterocycles. The summed E-state index contributed by atoms with van der Waals surface area (Å²) < 4.78 is 0. The fourth-order valence-electron chi connectivity index (χ4n) is 1.56. The van der Waals surface area contributed by atoms with Crippen LogP contribution in [0.3, 0.4) is 0 Å². The van der Waals surface area contributed by atoms with Gasteiger partial charge in [0.2, 0.25) is 0 Å². The largest absolute Gasteiger partial charge is 0.382 e. The Bertz CT molecular complexity index is 483. The zero-order chi connectivity index (χ0) is 11.5. The Morgan fingerprint density at radius 1 is 1.12 bits per heavy atom. The number of rotatable bonds is 2. The SMILES string of the molecule is Cc1ccc(C(O)c2cnccn2)cc1C. The van der Waals surface area contributed by atoms with Crippen molar-refractivity contribution in [2.45, 2.75) is 20.0 Å². The van der Waals surface area contributed by atoms with Crippen molar-refractivity contribution in [1.82, 2.24) is 9.97 Å². The average molecular weight is 214 g/mol. The number of aromatic nitrogens is 2. The molecule has 0 fully saturated rings. The maximum absolute atomic E-state index is 10.1. The van der Waals surface area contributed by atoms with Gasteiger partial charge in [0.05, 0.1) is 11.9 Å². The van der Waals surface area contributed by atoms with Crippen molar-refractivity contribution in [1.29, 1.82) is 0 Å². The molecule has 1 N–H and O–H groups in total. The highest BCUT2D eigenvalue weighted by molar-refractivity contribution is 5.33. The summed E-state index contributed by atoms with van der Waals surface area (Å²) >= 11 is 0. The third kappa shape index (κ3) is 2.09. The van der Waals surface area contributed by atoms with Gasteiger partial charge < -0.3 is 5.11 Å². The molecule has 1 unspecified atom stereocenters. The second-order valence-corrected chi connectivity index (χ2v) is 3.88. The van der Waals surface area contributed by atoms with E-state index in [1.54, 1.807) is 18.6 Å². The first-order chi connectivity index (χ1) is 7.68. The van der Waals surface area contributed by atoms with Gasteiger partial charge in [-0.25, -0.2) is 0 Å². The van der Waals surface area contributed by atoms with Crippen LogP contribution in [0.1, 0.15) is 28.5 Å². The van der Waals surface area contributed by atoms with E-state index in [-0.39, 0.29) is 0 Å². The zero-order valence-corrected chi connectivity index (χ0v) is 9.38. The van der Waals surface area contributed by atoms with E-state index in [9.17, 15) is 5.11 Å². The summed E-state index contributed by atoms with van der Waals surface area (Å²) in [6.45, 7) is 4.08. The molecule has 0 aliphatic rings. The molecule has 1 heterocycles. The first-order valence-electron chi connectivity index (χ1n) is 5.19. The number of aryl methyl sites for hydroxylation is 2. The molecule has 3 nitrogen and oxygen atoms in total. The van der Waals surface area contributed by atoms with E-state index in [0.717, 1.165) is 5.56 Å². The van der Waals surface area contributed by atoms with Crippen molar-refractivity contribution in [3.63, 3.8) is 0 Å². The Labute approximate surface area is 94.8 Å². The molecule has 2 rings (SSSR count). The lowest BCUT2D eigenvalue weighted by Crippen LogP contribution is -2.03. The fourth-order valence-corrected chi connectivity index (χ4v) is 1.56. The molecular weight excluding hydrogens is 200 g/mol. The van der Waals surface area contributed by atoms with E-state index >= 15 is 0 Å². The Morgan fingerprint density at radius 2 is 1.94 bits per heavy atom. The van der Waals surface area contributed by atoms with Crippen molar-refractivity contribution < 1.29 is 5.11 Å². The van der Waals surface area contributed by atoms with Crippen LogP contribution in [0, 0.1) is 13.8 Å². The van der Waals surface area contributed by atoms with Gasteiger partial charge in [-0.3, -0.25) is 9.97 Å². The molecule has 0 spiro atoms. The molecule has 0 bridgehead atoms. The van der Waals surface area contributed by atoms with Gasteiger partial charge >= 0.3 is 0 Å². The van der Waals surface area contributed by atoms with E-state index in [4.69, 9.17) is 0 Å². The molecule has 0 saturated carbocycles. The van der Waals surface area contributed by atoms with Gasteiger partial charge in [-0.2, -0.15) is 0 Å². The molecule has 2 aromatic rings. The summed E-state index contributed by atoms with van der Waals surface area (Å²) in [5.41, 5.74) is 3.81. The van der Waals surface area contributed by atoms with Gasteiger partial charge in [-0.05, 0) is 30.5 Å². The molecule has 1 atom stereocenters. The van der Waals surface area contributed by atoms with E-state index < -0.39 is 6.10 Å². The fraction of sp³-hybridized carbons (Fsp3) is 0.231. The van der Waals surface area contributed by atoms with Gasteiger partial charge in [0, 0.05) is 12.4 Å². The van der Waals surface area contributed by atoms with Gasteiger partial charge in [0.25, 0.3) is 0 Å². The van der Waals surface area contributed by atoms with Crippen molar-refractivity contribution in [3.05, 3.63) is 59.2 Å². The van der Waals surface area contributed by atoms with E-state index in [1.807, 2.05) is 32.0 Å². The molecule has 0 amide bonds. The summed E-state index contributed by atoms with van der Waals surface area (Å²) in [5.74, 6) is 0. The van der Waals surface area contributed by atoms with Crippen LogP contribution in [0.15, 0.2) is 36.8 Å². The lowest BCUT2D eigenvalue weighted by molar-refractivity contribution is 0.214. The second kappa shape index (κ2) is 4.41. The van der Waals surface area contributed by atoms with Crippen LogP contribution < -0.4 is 0 Å². The lowest BCUT2D eigenvalue weighted by Gasteiger charge is -2.11. The van der Waals surface area contributed by atoms with Crippen molar-refractivity contribution in [2.75, 3.05) is 0 Å². The van der Waals surface area contributed by atoms with E-state index in [2.05, 4.69) is 9.97 Å². The van der Waals surface area contributed by atoms with E-state index in [1.165, 1.54) is 11.1 Å². The minimum atomic E-state index is -0.701. The molecule has 1 aromatic carbocycles. The minimum absolute atomic E-state index is 0.575. The quantitative estimate of drug-likeness (QED) is 0.833. The molecule has 16 heavy (non-hydrogen) atoms. The lowest BCUT2D eigenvalue weighted by atomic mass is 10.0. The molecule has 3 heteroatoms. The van der Waals surface area contributed by atoms with Crippen molar-refractivity contribution >= 4 is 0 Å². The number of benzene rings is 1. The van der Waals surface area contributed by atoms with Gasteiger partial charge in [-0.1, -0.05) is 18.2 Å². The first kappa shape index (κ1) is 10.8. The highest BCUT2D eigenvalue weighted by Crippen LogP contribution is 2.21. The maximum Gasteiger partial charge on any atom is 0.123 e. The Balaban J connectivity index is 2.34. The second-order valence-electron chi connectivity index (χ2n) is 3.88. The number of aliphatic hydroxyl groups is 1. The molecule has 82 valence electrons. The van der Waals surface area contributed by atoms with Crippen LogP contribution in [0.4, 0.5) is 0 Å². The molecule has 0 saturated heterocycles. The van der Waals surface area contributed by atoms with Gasteiger partial charge in [-0.15, -0.1) is 0 Å². The summed E-state index contributed by atoms with van der Waals surface area (Å²) in [4.78, 5) is 8.04. The number of hydrogen-bond acceptors (Lipinski definition) is 3. The smallest absolute Gasteiger partial charge is 0.123 e. The summed E-state index contributed by atoms with van der Waals surface area (Å²) in [5, 5.41) is 10.1. The van der Waals surface area contributed by atoms with Crippen molar-refractivity contribution in [2.24, 2.45) is 0 Å². The van der Waals surface area contributed by atoms with Crippen LogP contribution in [0.25, 0.3) is 0 Å². The summed E-state index contributed by atoms with van der Waals surface area (Å²) in [6.07, 6.45) is 4.06. The minimum Gasteiger partial charge on any atom is -0.382 e. The Hall–Kier alpha value is -1.74.